The number of hydrogen-bond donors (Lipinski definition) is 3. The topological polar surface area (TPSA) is 105 Å². The first kappa shape index (κ1) is 20.0. The van der Waals surface area contributed by atoms with Crippen molar-refractivity contribution in [3.8, 4) is 11.8 Å². The Morgan fingerprint density at radius 1 is 1.16 bits per heavy atom. The van der Waals surface area contributed by atoms with E-state index in [9.17, 15) is 14.4 Å². The quantitative estimate of drug-likeness (QED) is 0.557. The van der Waals surface area contributed by atoms with Gasteiger partial charge in [-0.3, -0.25) is 9.59 Å². The molecule has 1 aromatic rings. The summed E-state index contributed by atoms with van der Waals surface area (Å²) in [5.41, 5.74) is 0.233. The first-order valence-corrected chi connectivity index (χ1v) is 7.74. The van der Waals surface area contributed by atoms with Gasteiger partial charge in [-0.15, -0.1) is 0 Å². The van der Waals surface area contributed by atoms with Crippen molar-refractivity contribution in [1.29, 1.82) is 0 Å². The van der Waals surface area contributed by atoms with Gasteiger partial charge in [0.1, 0.15) is 12.1 Å². The fourth-order valence-corrected chi connectivity index (χ4v) is 1.74. The van der Waals surface area contributed by atoms with Gasteiger partial charge in [0.15, 0.2) is 0 Å². The second kappa shape index (κ2) is 9.33. The molecular weight excluding hydrogens is 324 g/mol. The third kappa shape index (κ3) is 8.42. The van der Waals surface area contributed by atoms with E-state index in [4.69, 9.17) is 9.84 Å². The molecule has 0 aliphatic rings. The molecule has 7 heteroatoms. The summed E-state index contributed by atoms with van der Waals surface area (Å²) >= 11 is 0. The standard InChI is InChI=1S/C18H22N2O5/c1-18(2,3)25-17(24)19-11-7-6-9-13-8-4-5-10-14(13)16(23)20-12-15(21)22/h4-5,8,10H,7,11-12H2,1-3H3,(H,19,24)(H,20,23)(H,21,22). The fraction of sp³-hybridized carbons (Fsp3) is 0.389. The molecule has 7 nitrogen and oxygen atoms in total. The molecule has 0 fully saturated rings. The van der Waals surface area contributed by atoms with E-state index in [0.29, 0.717) is 24.1 Å². The number of aliphatic carboxylic acids is 1. The van der Waals surface area contributed by atoms with Gasteiger partial charge in [-0.2, -0.15) is 0 Å². The Kier molecular flexibility index (Phi) is 7.47. The van der Waals surface area contributed by atoms with Crippen molar-refractivity contribution in [3.05, 3.63) is 35.4 Å². The van der Waals surface area contributed by atoms with Crippen LogP contribution in [-0.2, 0) is 9.53 Å². The highest BCUT2D eigenvalue weighted by Crippen LogP contribution is 2.07. The largest absolute Gasteiger partial charge is 0.480 e. The van der Waals surface area contributed by atoms with Crippen LogP contribution in [0.2, 0.25) is 0 Å². The molecule has 1 aromatic carbocycles. The number of carboxylic acid groups (broad SMARTS) is 1. The highest BCUT2D eigenvalue weighted by atomic mass is 16.6. The molecule has 134 valence electrons. The van der Waals surface area contributed by atoms with Crippen LogP contribution in [0.3, 0.4) is 0 Å². The highest BCUT2D eigenvalue weighted by Gasteiger charge is 2.15. The summed E-state index contributed by atoms with van der Waals surface area (Å²) in [6.45, 7) is 5.19. The van der Waals surface area contributed by atoms with Crippen LogP contribution in [0.5, 0.6) is 0 Å². The van der Waals surface area contributed by atoms with E-state index in [-0.39, 0.29) is 0 Å². The number of rotatable bonds is 5. The molecule has 0 saturated carbocycles. The summed E-state index contributed by atoms with van der Waals surface area (Å²) in [5, 5.41) is 13.5. The SMILES string of the molecule is CC(C)(C)OC(=O)NCCC#Cc1ccccc1C(=O)NCC(=O)O. The van der Waals surface area contributed by atoms with Crippen molar-refractivity contribution in [2.24, 2.45) is 0 Å². The lowest BCUT2D eigenvalue weighted by Gasteiger charge is -2.19. The van der Waals surface area contributed by atoms with Crippen LogP contribution >= 0.6 is 0 Å². The summed E-state index contributed by atoms with van der Waals surface area (Å²) in [6.07, 6.45) is -0.132. The van der Waals surface area contributed by atoms with E-state index >= 15 is 0 Å². The lowest BCUT2D eigenvalue weighted by molar-refractivity contribution is -0.135. The van der Waals surface area contributed by atoms with Gasteiger partial charge in [0.2, 0.25) is 0 Å². The van der Waals surface area contributed by atoms with Gasteiger partial charge < -0.3 is 20.5 Å². The van der Waals surface area contributed by atoms with Crippen LogP contribution < -0.4 is 10.6 Å². The Hall–Kier alpha value is -3.01. The summed E-state index contributed by atoms with van der Waals surface area (Å²) in [4.78, 5) is 34.0. The summed E-state index contributed by atoms with van der Waals surface area (Å²) in [6, 6.07) is 6.64. The third-order valence-corrected chi connectivity index (χ3v) is 2.71. The van der Waals surface area contributed by atoms with Gasteiger partial charge in [-0.1, -0.05) is 24.0 Å². The number of amides is 2. The summed E-state index contributed by atoms with van der Waals surface area (Å²) in [7, 11) is 0. The Balaban J connectivity index is 2.58. The van der Waals surface area contributed by atoms with Gasteiger partial charge >= 0.3 is 12.1 Å². The number of carboxylic acids is 1. The molecule has 0 bridgehead atoms. The normalized spacial score (nSPS) is 10.2. The van der Waals surface area contributed by atoms with Crippen LogP contribution in [0, 0.1) is 11.8 Å². The van der Waals surface area contributed by atoms with Crippen molar-refractivity contribution >= 4 is 18.0 Å². The Labute approximate surface area is 146 Å². The Morgan fingerprint density at radius 3 is 2.48 bits per heavy atom. The molecular formula is C18H22N2O5. The van der Waals surface area contributed by atoms with E-state index in [1.165, 1.54) is 0 Å². The zero-order valence-corrected chi connectivity index (χ0v) is 14.5. The first-order valence-electron chi connectivity index (χ1n) is 7.74. The van der Waals surface area contributed by atoms with Crippen molar-refractivity contribution in [3.63, 3.8) is 0 Å². The maximum Gasteiger partial charge on any atom is 0.407 e. The van der Waals surface area contributed by atoms with E-state index in [0.717, 1.165) is 0 Å². The fourth-order valence-electron chi connectivity index (χ4n) is 1.74. The predicted octanol–water partition coefficient (Wildman–Crippen LogP) is 1.77. The second-order valence-corrected chi connectivity index (χ2v) is 6.10. The number of carbonyl (C=O) groups is 3. The molecule has 0 aliphatic heterocycles. The molecule has 0 radical (unpaired) electrons. The van der Waals surface area contributed by atoms with Crippen LogP contribution in [0.4, 0.5) is 4.79 Å². The van der Waals surface area contributed by atoms with Gasteiger partial charge in [0, 0.05) is 18.5 Å². The van der Waals surface area contributed by atoms with Gasteiger partial charge in [0.25, 0.3) is 5.91 Å². The number of hydrogen-bond acceptors (Lipinski definition) is 4. The molecule has 1 rings (SSSR count). The number of alkyl carbamates (subject to hydrolysis) is 1. The minimum atomic E-state index is -1.12. The lowest BCUT2D eigenvalue weighted by atomic mass is 10.1. The second-order valence-electron chi connectivity index (χ2n) is 6.10. The Morgan fingerprint density at radius 2 is 1.84 bits per heavy atom. The average molecular weight is 346 g/mol. The van der Waals surface area contributed by atoms with Crippen LogP contribution in [0.25, 0.3) is 0 Å². The van der Waals surface area contributed by atoms with E-state index < -0.39 is 30.1 Å². The summed E-state index contributed by atoms with van der Waals surface area (Å²) in [5.74, 6) is 4.10. The Bertz CT molecular complexity index is 695. The molecule has 2 amide bonds. The molecule has 0 spiro atoms. The number of benzene rings is 1. The molecule has 0 saturated heterocycles. The lowest BCUT2D eigenvalue weighted by Crippen LogP contribution is -2.32. The van der Waals surface area contributed by atoms with Crippen molar-refractivity contribution in [2.75, 3.05) is 13.1 Å². The number of carbonyl (C=O) groups excluding carboxylic acids is 2. The monoisotopic (exact) mass is 346 g/mol. The average Bonchev–Trinajstić information content (AvgIpc) is 2.51. The molecule has 25 heavy (non-hydrogen) atoms. The molecule has 0 heterocycles. The highest BCUT2D eigenvalue weighted by molar-refractivity contribution is 5.98. The molecule has 0 aromatic heterocycles. The maximum absolute atomic E-state index is 12.0. The van der Waals surface area contributed by atoms with Gasteiger partial charge in [-0.05, 0) is 32.9 Å². The zero-order valence-electron chi connectivity index (χ0n) is 14.5. The van der Waals surface area contributed by atoms with Crippen LogP contribution in [0.15, 0.2) is 24.3 Å². The van der Waals surface area contributed by atoms with Crippen molar-refractivity contribution in [1.82, 2.24) is 10.6 Å². The molecule has 3 N–H and O–H groups in total. The first-order chi connectivity index (χ1) is 11.7. The molecule has 0 aliphatic carbocycles. The maximum atomic E-state index is 12.0. The van der Waals surface area contributed by atoms with E-state index in [1.807, 2.05) is 0 Å². The minimum Gasteiger partial charge on any atom is -0.480 e. The van der Waals surface area contributed by atoms with Gasteiger partial charge in [-0.25, -0.2) is 4.79 Å². The van der Waals surface area contributed by atoms with Crippen LogP contribution in [0.1, 0.15) is 43.1 Å². The van der Waals surface area contributed by atoms with Gasteiger partial charge in [0.05, 0.1) is 5.56 Å². The minimum absolute atomic E-state index is 0.302. The van der Waals surface area contributed by atoms with Crippen molar-refractivity contribution in [2.45, 2.75) is 32.8 Å². The molecule has 0 atom stereocenters. The third-order valence-electron chi connectivity index (χ3n) is 2.71. The zero-order chi connectivity index (χ0) is 18.9. The summed E-state index contributed by atoms with van der Waals surface area (Å²) < 4.78 is 5.10. The van der Waals surface area contributed by atoms with E-state index in [2.05, 4.69) is 22.5 Å². The van der Waals surface area contributed by atoms with Crippen LogP contribution in [-0.4, -0.2) is 41.8 Å². The smallest absolute Gasteiger partial charge is 0.407 e. The number of nitrogens with one attached hydrogen (secondary N) is 2. The van der Waals surface area contributed by atoms with E-state index in [1.54, 1.807) is 45.0 Å². The van der Waals surface area contributed by atoms with Crippen molar-refractivity contribution < 1.29 is 24.2 Å². The predicted molar refractivity (Wildman–Crippen MR) is 92.1 cm³/mol. The molecule has 0 unspecified atom stereocenters. The number of ether oxygens (including phenoxy) is 1.